The number of fused-ring (bicyclic) bond motifs is 6. The lowest BCUT2D eigenvalue weighted by Crippen LogP contribution is -2.26. The van der Waals surface area contributed by atoms with E-state index < -0.39 is 29.4 Å². The summed E-state index contributed by atoms with van der Waals surface area (Å²) in [6.45, 7) is 12.4. The lowest BCUT2D eigenvalue weighted by molar-refractivity contribution is 0.0193. The molecule has 0 saturated heterocycles. The van der Waals surface area contributed by atoms with E-state index in [-0.39, 0.29) is 5.75 Å². The second-order valence-corrected chi connectivity index (χ2v) is 13.8. The maximum atomic E-state index is 12.6. The fraction of sp³-hybridized carbons (Fsp3) is 0.282. The van der Waals surface area contributed by atoms with E-state index in [1.165, 1.54) is 7.11 Å². The minimum absolute atomic E-state index is 0.0469. The van der Waals surface area contributed by atoms with Gasteiger partial charge in [0.05, 0.1) is 7.11 Å². The molecule has 1 aliphatic rings. The molecule has 0 amide bonds. The molecule has 0 saturated carbocycles. The van der Waals surface area contributed by atoms with Crippen LogP contribution in [0, 0.1) is 6.92 Å². The fourth-order valence-electron chi connectivity index (χ4n) is 5.93. The Morgan fingerprint density at radius 3 is 1.58 bits per heavy atom. The summed E-state index contributed by atoms with van der Waals surface area (Å²) in [5.74, 6) is 1.74. The maximum absolute atomic E-state index is 12.6. The van der Waals surface area contributed by atoms with Gasteiger partial charge >= 0.3 is 12.3 Å². The van der Waals surface area contributed by atoms with Crippen LogP contribution in [0.25, 0.3) is 21.5 Å². The zero-order chi connectivity index (χ0) is 34.5. The van der Waals surface area contributed by atoms with Crippen molar-refractivity contribution in [2.45, 2.75) is 65.6 Å². The Bertz CT molecular complexity index is 1960. The van der Waals surface area contributed by atoms with E-state index in [0.717, 1.165) is 38.2 Å². The zero-order valence-corrected chi connectivity index (χ0v) is 28.2. The van der Waals surface area contributed by atoms with Gasteiger partial charge in [0, 0.05) is 17.0 Å². The van der Waals surface area contributed by atoms with Crippen LogP contribution in [0.1, 0.15) is 69.7 Å². The van der Waals surface area contributed by atoms with Gasteiger partial charge in [0.15, 0.2) is 11.5 Å². The largest absolute Gasteiger partial charge is 0.514 e. The van der Waals surface area contributed by atoms with Gasteiger partial charge in [-0.3, -0.25) is 0 Å². The van der Waals surface area contributed by atoms with Gasteiger partial charge in [-0.2, -0.15) is 0 Å². The van der Waals surface area contributed by atoms with Gasteiger partial charge in [-0.15, -0.1) is 0 Å². The summed E-state index contributed by atoms with van der Waals surface area (Å²) in [4.78, 5) is 25.2. The van der Waals surface area contributed by atoms with E-state index in [9.17, 15) is 14.7 Å². The number of phenolic OH excluding ortho intramolecular Hbond substituents is 1. The Morgan fingerprint density at radius 1 is 0.688 bits per heavy atom. The highest BCUT2D eigenvalue weighted by molar-refractivity contribution is 5.96. The van der Waals surface area contributed by atoms with E-state index in [1.54, 1.807) is 65.8 Å². The molecule has 0 atom stereocenters. The molecule has 248 valence electrons. The van der Waals surface area contributed by atoms with Crippen LogP contribution in [0.15, 0.2) is 72.8 Å². The van der Waals surface area contributed by atoms with Crippen LogP contribution in [-0.4, -0.2) is 35.7 Å². The third-order valence-electron chi connectivity index (χ3n) is 7.81. The van der Waals surface area contributed by atoms with Crippen molar-refractivity contribution in [3.05, 3.63) is 95.1 Å². The number of hydrogen-bond acceptors (Lipinski definition) is 9. The summed E-state index contributed by atoms with van der Waals surface area (Å²) < 4.78 is 34.2. The average molecular weight is 651 g/mol. The van der Waals surface area contributed by atoms with E-state index in [0.29, 0.717) is 34.3 Å². The summed E-state index contributed by atoms with van der Waals surface area (Å²) >= 11 is 0. The zero-order valence-electron chi connectivity index (χ0n) is 28.2. The molecule has 0 radical (unpaired) electrons. The van der Waals surface area contributed by atoms with E-state index in [1.807, 2.05) is 55.5 Å². The summed E-state index contributed by atoms with van der Waals surface area (Å²) in [6, 6.07) is 22.2. The van der Waals surface area contributed by atoms with Crippen molar-refractivity contribution in [3.8, 4) is 34.5 Å². The summed E-state index contributed by atoms with van der Waals surface area (Å²) in [5.41, 5.74) is 1.63. The first-order chi connectivity index (χ1) is 22.6. The molecule has 0 bridgehead atoms. The Balaban J connectivity index is 1.58. The van der Waals surface area contributed by atoms with Crippen LogP contribution in [0.5, 0.6) is 34.5 Å². The van der Waals surface area contributed by atoms with Crippen LogP contribution in [0.3, 0.4) is 0 Å². The van der Waals surface area contributed by atoms with Crippen LogP contribution in [-0.2, 0) is 9.47 Å². The predicted molar refractivity (Wildman–Crippen MR) is 182 cm³/mol. The van der Waals surface area contributed by atoms with Gasteiger partial charge in [-0.1, -0.05) is 30.3 Å². The van der Waals surface area contributed by atoms with Crippen LogP contribution >= 0.6 is 0 Å². The topological polar surface area (TPSA) is 110 Å². The number of phenols is 1. The molecule has 0 aromatic heterocycles. The first-order valence-electron chi connectivity index (χ1n) is 15.6. The van der Waals surface area contributed by atoms with Crippen LogP contribution in [0.4, 0.5) is 9.59 Å². The van der Waals surface area contributed by atoms with Gasteiger partial charge in [0.1, 0.15) is 34.2 Å². The first-order valence-corrected chi connectivity index (χ1v) is 15.6. The van der Waals surface area contributed by atoms with Gasteiger partial charge < -0.3 is 33.5 Å². The molecule has 9 nitrogen and oxygen atoms in total. The minimum Gasteiger partial charge on any atom is -0.504 e. The highest BCUT2D eigenvalue weighted by atomic mass is 16.7. The second kappa shape index (κ2) is 12.0. The lowest BCUT2D eigenvalue weighted by atomic mass is 9.78. The van der Waals surface area contributed by atoms with E-state index >= 15 is 0 Å². The SMILES string of the molecule is COc1cc(C2c3c(ccc4ccc(OC(=O)OC(C)(C)C)cc34)Oc3ccc4ccc(OC(=O)OC(C)(C)C)cc4c32)cc(C)c1O. The maximum Gasteiger partial charge on any atom is 0.514 e. The minimum atomic E-state index is -0.813. The molecule has 0 fully saturated rings. The number of carbonyl (C=O) groups is 2. The van der Waals surface area contributed by atoms with Gasteiger partial charge in [-0.05, 0) is 124 Å². The molecule has 0 spiro atoms. The molecule has 1 N–H and O–H groups in total. The number of carbonyl (C=O) groups excluding carboxylic acids is 2. The molecular weight excluding hydrogens is 612 g/mol. The van der Waals surface area contributed by atoms with Crippen molar-refractivity contribution in [1.82, 2.24) is 0 Å². The molecule has 5 aromatic carbocycles. The Hall–Kier alpha value is -5.44. The van der Waals surface area contributed by atoms with Crippen molar-refractivity contribution in [3.63, 3.8) is 0 Å². The first kappa shape index (κ1) is 32.5. The highest BCUT2D eigenvalue weighted by Gasteiger charge is 2.34. The lowest BCUT2D eigenvalue weighted by Gasteiger charge is -2.32. The third kappa shape index (κ3) is 6.53. The number of ether oxygens (including phenoxy) is 6. The molecule has 0 unspecified atom stereocenters. The van der Waals surface area contributed by atoms with Gasteiger partial charge in [-0.25, -0.2) is 9.59 Å². The molecule has 0 aliphatic carbocycles. The normalized spacial score (nSPS) is 12.9. The van der Waals surface area contributed by atoms with Crippen molar-refractivity contribution < 1.29 is 43.1 Å². The summed E-state index contributed by atoms with van der Waals surface area (Å²) in [6.07, 6.45) is -1.63. The Labute approximate surface area is 278 Å². The number of benzene rings is 5. The third-order valence-corrected chi connectivity index (χ3v) is 7.81. The molecule has 1 aliphatic heterocycles. The smallest absolute Gasteiger partial charge is 0.504 e. The van der Waals surface area contributed by atoms with Crippen molar-refractivity contribution in [2.24, 2.45) is 0 Å². The van der Waals surface area contributed by atoms with E-state index in [2.05, 4.69) is 0 Å². The summed E-state index contributed by atoms with van der Waals surface area (Å²) in [5, 5.41) is 14.1. The monoisotopic (exact) mass is 650 g/mol. The molecule has 1 heterocycles. The fourth-order valence-corrected chi connectivity index (χ4v) is 5.93. The second-order valence-electron chi connectivity index (χ2n) is 13.8. The van der Waals surface area contributed by atoms with Crippen molar-refractivity contribution >= 4 is 33.9 Å². The number of aryl methyl sites for hydroxylation is 1. The molecule has 48 heavy (non-hydrogen) atoms. The number of methoxy groups -OCH3 is 1. The van der Waals surface area contributed by atoms with E-state index in [4.69, 9.17) is 28.4 Å². The highest BCUT2D eigenvalue weighted by Crippen LogP contribution is 2.54. The van der Waals surface area contributed by atoms with Crippen molar-refractivity contribution in [1.29, 1.82) is 0 Å². The Kier molecular flexibility index (Phi) is 8.11. The molecule has 5 aromatic rings. The van der Waals surface area contributed by atoms with Gasteiger partial charge in [0.25, 0.3) is 0 Å². The molecule has 6 rings (SSSR count). The Morgan fingerprint density at radius 2 is 1.15 bits per heavy atom. The average Bonchev–Trinajstić information content (AvgIpc) is 2.99. The van der Waals surface area contributed by atoms with Crippen molar-refractivity contribution in [2.75, 3.05) is 7.11 Å². The predicted octanol–water partition coefficient (Wildman–Crippen LogP) is 9.93. The molecule has 9 heteroatoms. The number of aromatic hydroxyl groups is 1. The molecular formula is C39H38O9. The van der Waals surface area contributed by atoms with Gasteiger partial charge in [0.2, 0.25) is 0 Å². The van der Waals surface area contributed by atoms with Crippen LogP contribution < -0.4 is 18.9 Å². The number of hydrogen-bond donors (Lipinski definition) is 1. The standard InChI is InChI=1S/C39H38O9/c1-21-17-24(18-31(43-8)35(21)40)32-33-27-19-25(44-36(41)47-38(2,3)4)13-9-22(27)11-15-29(33)46-30-16-12-23-10-14-26(20-28(23)34(30)32)45-37(42)48-39(5,6)7/h9-20,32,40H,1-8H3. The van der Waals surface area contributed by atoms with Crippen LogP contribution in [0.2, 0.25) is 0 Å². The number of rotatable bonds is 4. The summed E-state index contributed by atoms with van der Waals surface area (Å²) in [7, 11) is 1.51. The quantitative estimate of drug-likeness (QED) is 0.147.